The van der Waals surface area contributed by atoms with Crippen LogP contribution in [0.2, 0.25) is 0 Å². The molecule has 0 aromatic heterocycles. The molecule has 3 atom stereocenters. The molecule has 0 saturated carbocycles. The zero-order valence-electron chi connectivity index (χ0n) is 14.5. The molecule has 1 aromatic rings. The van der Waals surface area contributed by atoms with Gasteiger partial charge >= 0.3 is 0 Å². The maximum absolute atomic E-state index is 12.1. The zero-order chi connectivity index (χ0) is 17.4. The SMILES string of the molecule is CCCCCCCCc1ccc(NC(=O)[C@H]2NC[C@@H](O)[C@@H]2O)cc1. The number of carbonyl (C=O) groups is 1. The van der Waals surface area contributed by atoms with E-state index in [0.717, 1.165) is 6.42 Å². The Morgan fingerprint density at radius 2 is 1.79 bits per heavy atom. The van der Waals surface area contributed by atoms with Crippen LogP contribution in [0.3, 0.4) is 0 Å². The number of aliphatic hydroxyl groups is 2. The molecule has 1 saturated heterocycles. The van der Waals surface area contributed by atoms with Crippen molar-refractivity contribution in [2.75, 3.05) is 11.9 Å². The van der Waals surface area contributed by atoms with Gasteiger partial charge in [0.2, 0.25) is 5.91 Å². The number of amides is 1. The molecule has 134 valence electrons. The Bertz CT molecular complexity index is 504. The van der Waals surface area contributed by atoms with Gasteiger partial charge < -0.3 is 20.8 Å². The van der Waals surface area contributed by atoms with Gasteiger partial charge in [0.1, 0.15) is 12.1 Å². The summed E-state index contributed by atoms with van der Waals surface area (Å²) in [6.45, 7) is 2.46. The fourth-order valence-corrected chi connectivity index (χ4v) is 3.04. The van der Waals surface area contributed by atoms with Gasteiger partial charge in [0.15, 0.2) is 0 Å². The highest BCUT2D eigenvalue weighted by Gasteiger charge is 2.37. The summed E-state index contributed by atoms with van der Waals surface area (Å²) >= 11 is 0. The van der Waals surface area contributed by atoms with Crippen LogP contribution in [0.5, 0.6) is 0 Å². The summed E-state index contributed by atoms with van der Waals surface area (Å²) in [6.07, 6.45) is 6.84. The van der Waals surface area contributed by atoms with Crippen LogP contribution < -0.4 is 10.6 Å². The Kier molecular flexibility index (Phi) is 7.69. The van der Waals surface area contributed by atoms with Crippen molar-refractivity contribution in [3.63, 3.8) is 0 Å². The number of rotatable bonds is 9. The fourth-order valence-electron chi connectivity index (χ4n) is 3.04. The van der Waals surface area contributed by atoms with Crippen LogP contribution in [0, 0.1) is 0 Å². The molecular weight excluding hydrogens is 304 g/mol. The third-order valence-electron chi connectivity index (χ3n) is 4.61. The number of aryl methyl sites for hydroxylation is 1. The minimum atomic E-state index is -1.06. The molecule has 0 unspecified atom stereocenters. The Labute approximate surface area is 144 Å². The Morgan fingerprint density at radius 3 is 2.42 bits per heavy atom. The Morgan fingerprint density at radius 1 is 1.12 bits per heavy atom. The third-order valence-corrected chi connectivity index (χ3v) is 4.61. The second-order valence-corrected chi connectivity index (χ2v) is 6.65. The van der Waals surface area contributed by atoms with Crippen molar-refractivity contribution in [3.05, 3.63) is 29.8 Å². The van der Waals surface area contributed by atoms with Gasteiger partial charge in [0, 0.05) is 12.2 Å². The van der Waals surface area contributed by atoms with Crippen LogP contribution in [-0.2, 0) is 11.2 Å². The first-order valence-electron chi connectivity index (χ1n) is 9.11. The van der Waals surface area contributed by atoms with Crippen LogP contribution in [0.4, 0.5) is 5.69 Å². The van der Waals surface area contributed by atoms with Gasteiger partial charge in [-0.15, -0.1) is 0 Å². The number of carbonyl (C=O) groups excluding carboxylic acids is 1. The van der Waals surface area contributed by atoms with E-state index >= 15 is 0 Å². The smallest absolute Gasteiger partial charge is 0.244 e. The molecule has 1 heterocycles. The molecule has 5 heteroatoms. The lowest BCUT2D eigenvalue weighted by molar-refractivity contribution is -0.120. The number of unbranched alkanes of at least 4 members (excludes halogenated alkanes) is 5. The molecule has 1 fully saturated rings. The van der Waals surface area contributed by atoms with Crippen LogP contribution in [-0.4, -0.2) is 40.9 Å². The molecule has 4 N–H and O–H groups in total. The van der Waals surface area contributed by atoms with E-state index in [-0.39, 0.29) is 12.5 Å². The highest BCUT2D eigenvalue weighted by Crippen LogP contribution is 2.15. The van der Waals surface area contributed by atoms with E-state index in [0.29, 0.717) is 5.69 Å². The summed E-state index contributed by atoms with van der Waals surface area (Å²) in [4.78, 5) is 12.1. The van der Waals surface area contributed by atoms with Gasteiger partial charge in [-0.05, 0) is 30.5 Å². The van der Waals surface area contributed by atoms with Gasteiger partial charge in [-0.3, -0.25) is 4.79 Å². The van der Waals surface area contributed by atoms with Crippen LogP contribution >= 0.6 is 0 Å². The highest BCUT2D eigenvalue weighted by molar-refractivity contribution is 5.95. The number of hydrogen-bond donors (Lipinski definition) is 4. The monoisotopic (exact) mass is 334 g/mol. The van der Waals surface area contributed by atoms with Crippen molar-refractivity contribution in [1.82, 2.24) is 5.32 Å². The van der Waals surface area contributed by atoms with Crippen LogP contribution in [0.1, 0.15) is 51.0 Å². The first-order chi connectivity index (χ1) is 11.6. The Balaban J connectivity index is 1.72. The van der Waals surface area contributed by atoms with Gasteiger partial charge in [-0.25, -0.2) is 0 Å². The summed E-state index contributed by atoms with van der Waals surface area (Å²) in [5, 5.41) is 24.8. The average Bonchev–Trinajstić information content (AvgIpc) is 2.92. The normalized spacial score (nSPS) is 23.4. The van der Waals surface area contributed by atoms with E-state index in [1.54, 1.807) is 0 Å². The number of hydrogen-bond acceptors (Lipinski definition) is 4. The van der Waals surface area contributed by atoms with Crippen molar-refractivity contribution >= 4 is 11.6 Å². The van der Waals surface area contributed by atoms with Crippen molar-refractivity contribution in [2.24, 2.45) is 0 Å². The van der Waals surface area contributed by atoms with E-state index < -0.39 is 18.2 Å². The van der Waals surface area contributed by atoms with Crippen LogP contribution in [0.25, 0.3) is 0 Å². The maximum atomic E-state index is 12.1. The molecule has 0 radical (unpaired) electrons. The van der Waals surface area contributed by atoms with Gasteiger partial charge in [-0.2, -0.15) is 0 Å². The summed E-state index contributed by atoms with van der Waals surface area (Å²) in [5.74, 6) is -0.317. The van der Waals surface area contributed by atoms with E-state index in [1.807, 2.05) is 24.3 Å². The first kappa shape index (κ1) is 18.9. The lowest BCUT2D eigenvalue weighted by Gasteiger charge is -2.16. The lowest BCUT2D eigenvalue weighted by atomic mass is 10.0. The second kappa shape index (κ2) is 9.77. The first-order valence-corrected chi connectivity index (χ1v) is 9.11. The number of benzene rings is 1. The summed E-state index contributed by atoms with van der Waals surface area (Å²) in [7, 11) is 0. The van der Waals surface area contributed by atoms with Gasteiger partial charge in [-0.1, -0.05) is 51.2 Å². The van der Waals surface area contributed by atoms with Crippen molar-refractivity contribution in [1.29, 1.82) is 0 Å². The third kappa shape index (κ3) is 5.58. The van der Waals surface area contributed by atoms with E-state index in [9.17, 15) is 15.0 Å². The predicted molar refractivity (Wildman–Crippen MR) is 96.0 cm³/mol. The summed E-state index contributed by atoms with van der Waals surface area (Å²) in [6, 6.07) is 7.09. The van der Waals surface area contributed by atoms with Crippen molar-refractivity contribution in [3.8, 4) is 0 Å². The molecule has 2 rings (SSSR count). The van der Waals surface area contributed by atoms with Gasteiger partial charge in [0.25, 0.3) is 0 Å². The van der Waals surface area contributed by atoms with E-state index in [4.69, 9.17) is 0 Å². The lowest BCUT2D eigenvalue weighted by Crippen LogP contribution is -2.43. The number of β-amino-alcohol motifs (C(OH)–C–C–N with tert-alkyl or cyclic N) is 1. The summed E-state index contributed by atoms with van der Waals surface area (Å²) in [5.41, 5.74) is 1.99. The molecule has 24 heavy (non-hydrogen) atoms. The molecule has 0 aliphatic carbocycles. The van der Waals surface area contributed by atoms with Crippen molar-refractivity contribution in [2.45, 2.75) is 70.1 Å². The molecule has 0 bridgehead atoms. The van der Waals surface area contributed by atoms with Gasteiger partial charge in [0.05, 0.1) is 6.10 Å². The zero-order valence-corrected chi connectivity index (χ0v) is 14.5. The fraction of sp³-hybridized carbons (Fsp3) is 0.632. The molecule has 1 aliphatic heterocycles. The molecule has 0 spiro atoms. The quantitative estimate of drug-likeness (QED) is 0.522. The average molecular weight is 334 g/mol. The summed E-state index contributed by atoms with van der Waals surface area (Å²) < 4.78 is 0. The molecule has 1 aliphatic rings. The number of aliphatic hydroxyl groups excluding tert-OH is 2. The minimum absolute atomic E-state index is 0.233. The topological polar surface area (TPSA) is 81.6 Å². The highest BCUT2D eigenvalue weighted by atomic mass is 16.3. The Hall–Kier alpha value is -1.43. The molecule has 1 amide bonds. The van der Waals surface area contributed by atoms with Crippen LogP contribution in [0.15, 0.2) is 24.3 Å². The predicted octanol–water partition coefficient (Wildman–Crippen LogP) is 2.22. The van der Waals surface area contributed by atoms with E-state index in [1.165, 1.54) is 44.1 Å². The minimum Gasteiger partial charge on any atom is -0.389 e. The largest absolute Gasteiger partial charge is 0.389 e. The maximum Gasteiger partial charge on any atom is 0.244 e. The molecular formula is C19H30N2O3. The molecule has 1 aromatic carbocycles. The standard InChI is InChI=1S/C19H30N2O3/c1-2-3-4-5-6-7-8-14-9-11-15(12-10-14)21-19(24)17-18(23)16(22)13-20-17/h9-12,16-18,20,22-23H,2-8,13H2,1H3,(H,21,24)/t16-,17+,18+/m1/s1. The number of nitrogens with one attached hydrogen (secondary N) is 2. The molecule has 5 nitrogen and oxygen atoms in total. The number of anilines is 1. The van der Waals surface area contributed by atoms with Crippen molar-refractivity contribution < 1.29 is 15.0 Å². The van der Waals surface area contributed by atoms with E-state index in [2.05, 4.69) is 17.6 Å². The second-order valence-electron chi connectivity index (χ2n) is 6.65.